The molecule has 0 saturated heterocycles. The Bertz CT molecular complexity index is 2040. The fourth-order valence-electron chi connectivity index (χ4n) is 7.62. The number of unbranched alkanes of at least 4 members (excludes halogenated alkanes) is 7. The van der Waals surface area contributed by atoms with Gasteiger partial charge in [0.15, 0.2) is 0 Å². The SMILES string of the molecule is C/C=C(\CCC=CCC(=O)OC)C(=O)OC.C/C=C(\CCC=CCC(=O)OC)C(=O)OC.C/C=C(\CCC=CCC(=O)OC)C(=O)OC.C/C=C(\CCCCCC(=O)OC)C(=O)OC.CCC(CCCCCC(=O)OC)C(=O)OC.CCC(CO)CCCCCCO. The van der Waals surface area contributed by atoms with Crippen molar-refractivity contribution >= 4 is 59.7 Å². The van der Waals surface area contributed by atoms with Gasteiger partial charge in [0.2, 0.25) is 0 Å². The lowest BCUT2D eigenvalue weighted by atomic mass is 9.98. The van der Waals surface area contributed by atoms with Crippen molar-refractivity contribution in [2.75, 3.05) is 84.3 Å². The van der Waals surface area contributed by atoms with Crippen LogP contribution in [-0.2, 0) is 95.3 Å². The standard InChI is InChI=1S/C12H22O4.C12H20O4.3C12H18O4.C10H22O2/c5*1-4-10(12(14)16-3)8-6-5-7-9-11(13)15-2;1-2-10(9-12)7-5-3-4-6-8-11/h10H,4-9H2,1-3H3;4H,5-9H2,1-3H3;3*4-5,7H,6,8-9H2,1-3H3;10-12H,2-9H2,1H3/b;10-4+;3*7-5?,10-4+;. The number of hydrogen-bond acceptors (Lipinski definition) is 22. The molecule has 2 atom stereocenters. The molecule has 0 aromatic carbocycles. The molecule has 0 aromatic rings. The quantitative estimate of drug-likeness (QED) is 0.0189. The number of aliphatic hydroxyl groups is 2. The van der Waals surface area contributed by atoms with Crippen LogP contribution in [0.25, 0.3) is 0 Å². The summed E-state index contributed by atoms with van der Waals surface area (Å²) in [5.74, 6) is -1.95. The van der Waals surface area contributed by atoms with E-state index in [4.69, 9.17) is 14.9 Å². The minimum absolute atomic E-state index is 0.00290. The second-order valence-electron chi connectivity index (χ2n) is 19.9. The van der Waals surface area contributed by atoms with Crippen molar-refractivity contribution < 1.29 is 106 Å². The summed E-state index contributed by atoms with van der Waals surface area (Å²) in [4.78, 5) is 110. The number of carbonyl (C=O) groups excluding carboxylic acids is 10. The van der Waals surface area contributed by atoms with Crippen LogP contribution in [0.15, 0.2) is 83.1 Å². The summed E-state index contributed by atoms with van der Waals surface area (Å²) < 4.78 is 45.7. The molecule has 0 rings (SSSR count). The lowest BCUT2D eigenvalue weighted by Gasteiger charge is -2.11. The molecule has 0 spiro atoms. The molecule has 22 nitrogen and oxygen atoms in total. The van der Waals surface area contributed by atoms with Gasteiger partial charge in [-0.15, -0.1) is 0 Å². The van der Waals surface area contributed by atoms with Gasteiger partial charge in [-0.1, -0.05) is 120 Å². The van der Waals surface area contributed by atoms with E-state index >= 15 is 0 Å². The number of aliphatic hydroxyl groups excluding tert-OH is 2. The van der Waals surface area contributed by atoms with E-state index in [9.17, 15) is 47.9 Å². The molecule has 0 amide bonds. The van der Waals surface area contributed by atoms with Crippen LogP contribution in [0.2, 0.25) is 0 Å². The Hall–Kier alpha value is -7.20. The van der Waals surface area contributed by atoms with Crippen molar-refractivity contribution in [3.05, 3.63) is 83.1 Å². The number of allylic oxidation sites excluding steroid dienone is 7. The summed E-state index contributed by atoms with van der Waals surface area (Å²) in [5, 5.41) is 17.4. The topological polar surface area (TPSA) is 303 Å². The van der Waals surface area contributed by atoms with E-state index in [0.717, 1.165) is 77.0 Å². The zero-order valence-corrected chi connectivity index (χ0v) is 58.8. The second kappa shape index (κ2) is 72.9. The molecule has 0 heterocycles. The molecule has 0 aliphatic heterocycles. The van der Waals surface area contributed by atoms with Crippen LogP contribution in [0.1, 0.15) is 208 Å². The Morgan fingerprint density at radius 1 is 0.326 bits per heavy atom. The molecule has 0 radical (unpaired) electrons. The normalized spacial score (nSPS) is 11.8. The summed E-state index contributed by atoms with van der Waals surface area (Å²) in [6.07, 6.45) is 37.7. The molecular weight excluding hydrogens is 1190 g/mol. The smallest absolute Gasteiger partial charge is 0.333 e. The van der Waals surface area contributed by atoms with E-state index in [-0.39, 0.29) is 84.9 Å². The third kappa shape index (κ3) is 63.0. The molecule has 0 aliphatic rings. The predicted molar refractivity (Wildman–Crippen MR) is 355 cm³/mol. The Kier molecular flexibility index (Phi) is 75.9. The van der Waals surface area contributed by atoms with Gasteiger partial charge in [0.1, 0.15) is 0 Å². The largest absolute Gasteiger partial charge is 0.469 e. The van der Waals surface area contributed by atoms with Crippen LogP contribution in [0, 0.1) is 11.8 Å². The number of ether oxygens (including phenoxy) is 10. The van der Waals surface area contributed by atoms with Gasteiger partial charge in [0, 0.05) is 48.3 Å². The van der Waals surface area contributed by atoms with Crippen LogP contribution in [0.5, 0.6) is 0 Å². The van der Waals surface area contributed by atoms with E-state index in [2.05, 4.69) is 49.6 Å². The first-order valence-corrected chi connectivity index (χ1v) is 31.6. The average Bonchev–Trinajstić information content (AvgIpc) is 3.76. The molecule has 0 bridgehead atoms. The Labute approximate surface area is 550 Å². The summed E-state index contributed by atoms with van der Waals surface area (Å²) in [6.45, 7) is 12.0. The highest BCUT2D eigenvalue weighted by atomic mass is 16.6. The highest BCUT2D eigenvalue weighted by Crippen LogP contribution is 2.17. The second-order valence-corrected chi connectivity index (χ2v) is 19.9. The van der Waals surface area contributed by atoms with E-state index in [1.807, 2.05) is 32.1 Å². The molecule has 0 saturated carbocycles. The van der Waals surface area contributed by atoms with Crippen LogP contribution >= 0.6 is 0 Å². The highest BCUT2D eigenvalue weighted by Gasteiger charge is 2.16. The van der Waals surface area contributed by atoms with Gasteiger partial charge in [0.25, 0.3) is 0 Å². The molecule has 2 N–H and O–H groups in total. The Balaban J connectivity index is -0.000000242. The zero-order valence-electron chi connectivity index (χ0n) is 58.8. The first-order chi connectivity index (χ1) is 44.1. The lowest BCUT2D eigenvalue weighted by molar-refractivity contribution is -0.146. The molecule has 22 heteroatoms. The van der Waals surface area contributed by atoms with Gasteiger partial charge in [0.05, 0.1) is 96.3 Å². The van der Waals surface area contributed by atoms with Gasteiger partial charge in [-0.3, -0.25) is 28.8 Å². The summed E-state index contributed by atoms with van der Waals surface area (Å²) in [5.41, 5.74) is 2.63. The van der Waals surface area contributed by atoms with Gasteiger partial charge >= 0.3 is 59.7 Å². The molecule has 0 aliphatic carbocycles. The maximum absolute atomic E-state index is 11.3. The predicted octanol–water partition coefficient (Wildman–Crippen LogP) is 12.5. The van der Waals surface area contributed by atoms with E-state index < -0.39 is 0 Å². The van der Waals surface area contributed by atoms with E-state index in [0.29, 0.717) is 99.2 Å². The maximum atomic E-state index is 11.3. The van der Waals surface area contributed by atoms with Gasteiger partial charge in [-0.25, -0.2) is 19.2 Å². The third-order valence-corrected chi connectivity index (χ3v) is 13.6. The fraction of sp³-hybridized carbons (Fsp3) is 0.657. The van der Waals surface area contributed by atoms with Gasteiger partial charge in [-0.05, 0) is 124 Å². The number of esters is 10. The van der Waals surface area contributed by atoms with Gasteiger partial charge in [-0.2, -0.15) is 0 Å². The maximum Gasteiger partial charge on any atom is 0.333 e. The Morgan fingerprint density at radius 3 is 0.913 bits per heavy atom. The Morgan fingerprint density at radius 2 is 0.630 bits per heavy atom. The fourth-order valence-corrected chi connectivity index (χ4v) is 7.62. The molecule has 530 valence electrons. The van der Waals surface area contributed by atoms with Crippen molar-refractivity contribution in [1.82, 2.24) is 0 Å². The third-order valence-electron chi connectivity index (χ3n) is 13.6. The lowest BCUT2D eigenvalue weighted by Crippen LogP contribution is -2.15. The van der Waals surface area contributed by atoms with Crippen LogP contribution in [-0.4, -0.2) is 154 Å². The van der Waals surface area contributed by atoms with Crippen molar-refractivity contribution in [1.29, 1.82) is 0 Å². The summed E-state index contributed by atoms with van der Waals surface area (Å²) in [6, 6.07) is 0. The van der Waals surface area contributed by atoms with Crippen molar-refractivity contribution in [2.45, 2.75) is 208 Å². The highest BCUT2D eigenvalue weighted by molar-refractivity contribution is 5.89. The molecule has 0 aromatic heterocycles. The van der Waals surface area contributed by atoms with E-state index in [1.165, 1.54) is 83.9 Å². The van der Waals surface area contributed by atoms with Crippen LogP contribution in [0.3, 0.4) is 0 Å². The molecular formula is C70H118O22. The first-order valence-electron chi connectivity index (χ1n) is 31.6. The van der Waals surface area contributed by atoms with Crippen molar-refractivity contribution in [3.8, 4) is 0 Å². The van der Waals surface area contributed by atoms with Gasteiger partial charge < -0.3 is 57.6 Å². The molecule has 0 fully saturated rings. The van der Waals surface area contributed by atoms with Crippen molar-refractivity contribution in [2.24, 2.45) is 11.8 Å². The first kappa shape index (κ1) is 95.9. The molecule has 2 unspecified atom stereocenters. The van der Waals surface area contributed by atoms with Crippen molar-refractivity contribution in [3.63, 3.8) is 0 Å². The number of carbonyl (C=O) groups is 10. The minimum Gasteiger partial charge on any atom is -0.469 e. The zero-order chi connectivity index (χ0) is 71.2. The number of hydrogen-bond donors (Lipinski definition) is 2. The van der Waals surface area contributed by atoms with E-state index in [1.54, 1.807) is 63.3 Å². The molecule has 92 heavy (non-hydrogen) atoms. The van der Waals surface area contributed by atoms with Crippen LogP contribution < -0.4 is 0 Å². The average molecular weight is 1310 g/mol. The summed E-state index contributed by atoms with van der Waals surface area (Å²) >= 11 is 0. The number of methoxy groups -OCH3 is 10. The van der Waals surface area contributed by atoms with Crippen LogP contribution in [0.4, 0.5) is 0 Å². The number of rotatable bonds is 41. The summed E-state index contributed by atoms with van der Waals surface area (Å²) in [7, 11) is 13.7. The minimum atomic E-state index is -0.302. The monoisotopic (exact) mass is 1310 g/mol.